The molecule has 5 rings (SSSR count). The lowest BCUT2D eigenvalue weighted by Gasteiger charge is -2.41. The summed E-state index contributed by atoms with van der Waals surface area (Å²) < 4.78 is 5.78. The third-order valence-electron chi connectivity index (χ3n) is 7.61. The van der Waals surface area contributed by atoms with E-state index in [2.05, 4.69) is 16.7 Å². The molecular formula is C29H36N4O4. The van der Waals surface area contributed by atoms with Gasteiger partial charge in [0.15, 0.2) is 0 Å². The van der Waals surface area contributed by atoms with Crippen molar-refractivity contribution in [3.8, 4) is 5.75 Å². The standard InChI is InChI=1S/C29H36N4O4/c34-27-13-10-21-5-1-2-7-26(21)33(27)23-14-18-32(19-15-23)29(36)22-8-11-24(12-9-22)37-20-4-17-31-28(35)25-6-3-16-30-25/h1-2,5,7-9,11-12,23,25,30H,3-4,6,10,13-20H2,(H,31,35)/t25-/m0/s1. The molecule has 2 fully saturated rings. The molecule has 0 unspecified atom stereocenters. The summed E-state index contributed by atoms with van der Waals surface area (Å²) >= 11 is 0. The Morgan fingerprint density at radius 1 is 1.00 bits per heavy atom. The minimum absolute atomic E-state index is 0.0126. The molecule has 0 saturated carbocycles. The van der Waals surface area contributed by atoms with Crippen molar-refractivity contribution in [1.82, 2.24) is 15.5 Å². The highest BCUT2D eigenvalue weighted by molar-refractivity contribution is 5.97. The molecule has 8 nitrogen and oxygen atoms in total. The molecule has 2 aromatic rings. The van der Waals surface area contributed by atoms with Crippen LogP contribution in [-0.2, 0) is 16.0 Å². The predicted octanol–water partition coefficient (Wildman–Crippen LogP) is 2.91. The summed E-state index contributed by atoms with van der Waals surface area (Å²) in [5, 5.41) is 6.14. The number of rotatable bonds is 8. The van der Waals surface area contributed by atoms with Gasteiger partial charge in [-0.1, -0.05) is 18.2 Å². The summed E-state index contributed by atoms with van der Waals surface area (Å²) in [7, 11) is 0. The first-order valence-corrected chi connectivity index (χ1v) is 13.5. The molecule has 3 aliphatic heterocycles. The fourth-order valence-electron chi connectivity index (χ4n) is 5.56. The Labute approximate surface area is 218 Å². The highest BCUT2D eigenvalue weighted by Crippen LogP contribution is 2.32. The number of nitrogens with zero attached hydrogens (tertiary/aromatic N) is 2. The quantitative estimate of drug-likeness (QED) is 0.540. The third kappa shape index (κ3) is 5.96. The van der Waals surface area contributed by atoms with E-state index in [0.717, 1.165) is 50.8 Å². The average Bonchev–Trinajstić information content (AvgIpc) is 3.48. The molecule has 0 radical (unpaired) electrons. The molecule has 3 amide bonds. The molecule has 0 bridgehead atoms. The zero-order chi connectivity index (χ0) is 25.6. The number of anilines is 1. The zero-order valence-electron chi connectivity index (χ0n) is 21.3. The predicted molar refractivity (Wildman–Crippen MR) is 142 cm³/mol. The Kier molecular flexibility index (Phi) is 8.04. The van der Waals surface area contributed by atoms with Crippen molar-refractivity contribution in [3.05, 3.63) is 59.7 Å². The van der Waals surface area contributed by atoms with Gasteiger partial charge in [-0.2, -0.15) is 0 Å². The normalized spacial score (nSPS) is 20.0. The molecule has 8 heteroatoms. The Morgan fingerprint density at radius 2 is 1.78 bits per heavy atom. The number of para-hydroxylation sites is 1. The maximum absolute atomic E-state index is 13.1. The summed E-state index contributed by atoms with van der Waals surface area (Å²) in [6.07, 6.45) is 5.58. The molecule has 196 valence electrons. The van der Waals surface area contributed by atoms with Gasteiger partial charge in [-0.25, -0.2) is 0 Å². The van der Waals surface area contributed by atoms with Gasteiger partial charge in [0.1, 0.15) is 5.75 Å². The number of ether oxygens (including phenoxy) is 1. The van der Waals surface area contributed by atoms with Gasteiger partial charge in [-0.3, -0.25) is 14.4 Å². The Hall–Kier alpha value is -3.39. The van der Waals surface area contributed by atoms with Gasteiger partial charge in [0.05, 0.1) is 12.6 Å². The number of amides is 3. The smallest absolute Gasteiger partial charge is 0.253 e. The van der Waals surface area contributed by atoms with Gasteiger partial charge < -0.3 is 25.2 Å². The minimum Gasteiger partial charge on any atom is -0.494 e. The first kappa shape index (κ1) is 25.3. The van der Waals surface area contributed by atoms with Crippen LogP contribution < -0.4 is 20.3 Å². The lowest BCUT2D eigenvalue weighted by Crippen LogP contribution is -2.50. The first-order chi connectivity index (χ1) is 18.1. The molecule has 0 aliphatic carbocycles. The van der Waals surface area contributed by atoms with E-state index in [1.165, 1.54) is 5.56 Å². The zero-order valence-corrected chi connectivity index (χ0v) is 21.3. The van der Waals surface area contributed by atoms with Gasteiger partial charge in [-0.15, -0.1) is 0 Å². The van der Waals surface area contributed by atoms with Crippen molar-refractivity contribution in [1.29, 1.82) is 0 Å². The third-order valence-corrected chi connectivity index (χ3v) is 7.61. The summed E-state index contributed by atoms with van der Waals surface area (Å²) in [6.45, 7) is 3.26. The van der Waals surface area contributed by atoms with Gasteiger partial charge in [0.2, 0.25) is 11.8 Å². The summed E-state index contributed by atoms with van der Waals surface area (Å²) in [6, 6.07) is 15.5. The van der Waals surface area contributed by atoms with E-state index in [1.54, 1.807) is 0 Å². The number of nitrogens with one attached hydrogen (secondary N) is 2. The number of aryl methyl sites for hydroxylation is 1. The van der Waals surface area contributed by atoms with Crippen LogP contribution in [0, 0.1) is 0 Å². The number of hydrogen-bond donors (Lipinski definition) is 2. The number of benzene rings is 2. The molecule has 2 N–H and O–H groups in total. The van der Waals surface area contributed by atoms with Crippen molar-refractivity contribution < 1.29 is 19.1 Å². The van der Waals surface area contributed by atoms with Gasteiger partial charge in [0, 0.05) is 43.3 Å². The van der Waals surface area contributed by atoms with Gasteiger partial charge in [0.25, 0.3) is 5.91 Å². The van der Waals surface area contributed by atoms with E-state index in [1.807, 2.05) is 52.3 Å². The molecule has 2 saturated heterocycles. The van der Waals surface area contributed by atoms with Gasteiger partial charge in [-0.05, 0) is 81.0 Å². The van der Waals surface area contributed by atoms with E-state index in [0.29, 0.717) is 44.0 Å². The monoisotopic (exact) mass is 504 g/mol. The summed E-state index contributed by atoms with van der Waals surface area (Å²) in [4.78, 5) is 41.7. The largest absolute Gasteiger partial charge is 0.494 e. The fraction of sp³-hybridized carbons (Fsp3) is 0.483. The summed E-state index contributed by atoms with van der Waals surface area (Å²) in [5.74, 6) is 0.976. The molecule has 2 aromatic carbocycles. The van der Waals surface area contributed by atoms with E-state index in [-0.39, 0.29) is 29.8 Å². The number of carbonyl (C=O) groups excluding carboxylic acids is 3. The van der Waals surface area contributed by atoms with Crippen molar-refractivity contribution in [2.75, 3.05) is 37.7 Å². The lowest BCUT2D eigenvalue weighted by atomic mass is 9.95. The number of fused-ring (bicyclic) bond motifs is 1. The van der Waals surface area contributed by atoms with Crippen LogP contribution in [0.3, 0.4) is 0 Å². The van der Waals surface area contributed by atoms with Gasteiger partial charge >= 0.3 is 0 Å². The van der Waals surface area contributed by atoms with Crippen molar-refractivity contribution in [2.24, 2.45) is 0 Å². The number of hydrogen-bond acceptors (Lipinski definition) is 5. The van der Waals surface area contributed by atoms with Crippen molar-refractivity contribution in [3.63, 3.8) is 0 Å². The van der Waals surface area contributed by atoms with Crippen LogP contribution in [-0.4, -0.2) is 67.5 Å². The van der Waals surface area contributed by atoms with Crippen LogP contribution in [0.15, 0.2) is 48.5 Å². The average molecular weight is 505 g/mol. The van der Waals surface area contributed by atoms with Crippen molar-refractivity contribution in [2.45, 2.75) is 57.0 Å². The van der Waals surface area contributed by atoms with E-state index >= 15 is 0 Å². The number of likely N-dealkylation sites (tertiary alicyclic amines) is 1. The fourth-order valence-corrected chi connectivity index (χ4v) is 5.56. The topological polar surface area (TPSA) is 91.0 Å². The van der Waals surface area contributed by atoms with E-state index in [4.69, 9.17) is 4.74 Å². The van der Waals surface area contributed by atoms with E-state index in [9.17, 15) is 14.4 Å². The Morgan fingerprint density at radius 3 is 2.54 bits per heavy atom. The molecule has 3 aliphatic rings. The second kappa shape index (κ2) is 11.8. The van der Waals surface area contributed by atoms with Crippen LogP contribution in [0.2, 0.25) is 0 Å². The second-order valence-corrected chi connectivity index (χ2v) is 10.1. The summed E-state index contributed by atoms with van der Waals surface area (Å²) in [5.41, 5.74) is 2.91. The minimum atomic E-state index is -0.0548. The second-order valence-electron chi connectivity index (χ2n) is 10.1. The molecule has 0 spiro atoms. The van der Waals surface area contributed by atoms with Crippen molar-refractivity contribution >= 4 is 23.4 Å². The van der Waals surface area contributed by atoms with Crippen LogP contribution in [0.4, 0.5) is 5.69 Å². The number of piperidine rings is 1. The Bertz CT molecular complexity index is 1110. The Balaban J connectivity index is 1.06. The van der Waals surface area contributed by atoms with Crippen LogP contribution >= 0.6 is 0 Å². The van der Waals surface area contributed by atoms with Crippen LogP contribution in [0.5, 0.6) is 5.75 Å². The molecule has 1 atom stereocenters. The highest BCUT2D eigenvalue weighted by atomic mass is 16.5. The number of carbonyl (C=O) groups is 3. The maximum atomic E-state index is 13.1. The maximum Gasteiger partial charge on any atom is 0.253 e. The SMILES string of the molecule is O=C(NCCCOc1ccc(C(=O)N2CCC(N3C(=O)CCc4ccccc43)CC2)cc1)[C@@H]1CCCN1. The van der Waals surface area contributed by atoms with Crippen LogP contribution in [0.25, 0.3) is 0 Å². The molecule has 0 aromatic heterocycles. The highest BCUT2D eigenvalue weighted by Gasteiger charge is 2.33. The molecule has 3 heterocycles. The molecule has 37 heavy (non-hydrogen) atoms. The van der Waals surface area contributed by atoms with E-state index < -0.39 is 0 Å². The molecular weight excluding hydrogens is 468 g/mol. The first-order valence-electron chi connectivity index (χ1n) is 13.5. The van der Waals surface area contributed by atoms with Crippen LogP contribution in [0.1, 0.15) is 54.4 Å². The lowest BCUT2D eigenvalue weighted by molar-refractivity contribution is -0.123.